The summed E-state index contributed by atoms with van der Waals surface area (Å²) in [5, 5.41) is 20.4. The minimum Gasteiger partial charge on any atom is -0.481 e. The molecule has 0 radical (unpaired) electrons. The van der Waals surface area contributed by atoms with Crippen molar-refractivity contribution in [2.75, 3.05) is 0 Å². The number of carboxylic acids is 1. The molecule has 0 bridgehead atoms. The molecule has 174 valence electrons. The highest BCUT2D eigenvalue weighted by Gasteiger charge is 2.61. The number of aliphatic carboxylic acids is 1. The Hall–Kier alpha value is -1.16. The van der Waals surface area contributed by atoms with Crippen molar-refractivity contribution in [3.8, 4) is 0 Å². The minimum atomic E-state index is -0.684. The Balaban J connectivity index is 1.49. The van der Waals surface area contributed by atoms with Crippen LogP contribution in [0.2, 0.25) is 0 Å². The van der Waals surface area contributed by atoms with Crippen LogP contribution in [0.25, 0.3) is 0 Å². The van der Waals surface area contributed by atoms with Gasteiger partial charge in [-0.3, -0.25) is 9.59 Å². The highest BCUT2D eigenvalue weighted by Crippen LogP contribution is 2.67. The predicted molar refractivity (Wildman–Crippen MR) is 121 cm³/mol. The van der Waals surface area contributed by atoms with Crippen LogP contribution in [-0.4, -0.2) is 28.1 Å². The molecule has 1 unspecified atom stereocenters. The van der Waals surface area contributed by atoms with Gasteiger partial charge in [0, 0.05) is 6.42 Å². The summed E-state index contributed by atoms with van der Waals surface area (Å²) in [5.41, 5.74) is 1.59. The van der Waals surface area contributed by atoms with Gasteiger partial charge in [0.1, 0.15) is 0 Å². The maximum atomic E-state index is 12.1. The summed E-state index contributed by atoms with van der Waals surface area (Å²) in [6.45, 7) is 9.05. The molecule has 0 aromatic rings. The summed E-state index contributed by atoms with van der Waals surface area (Å²) >= 11 is 0. The number of ketones is 1. The molecule has 31 heavy (non-hydrogen) atoms. The lowest BCUT2D eigenvalue weighted by atomic mass is 9.45. The van der Waals surface area contributed by atoms with Crippen molar-refractivity contribution in [2.45, 2.75) is 98.0 Å². The predicted octanol–water partition coefficient (Wildman–Crippen LogP) is 5.63. The molecule has 4 rings (SSSR count). The van der Waals surface area contributed by atoms with Gasteiger partial charge in [0.25, 0.3) is 0 Å². The number of aliphatic hydroxyl groups excluding tert-OH is 1. The van der Waals surface area contributed by atoms with E-state index in [1.807, 2.05) is 13.0 Å². The first kappa shape index (κ1) is 23.0. The second kappa shape index (κ2) is 8.32. The van der Waals surface area contributed by atoms with Crippen LogP contribution < -0.4 is 0 Å². The molecule has 0 aromatic carbocycles. The second-order valence-corrected chi connectivity index (χ2v) is 12.0. The van der Waals surface area contributed by atoms with Gasteiger partial charge in [-0.05, 0) is 91.4 Å². The van der Waals surface area contributed by atoms with E-state index < -0.39 is 5.97 Å². The SMILES string of the molecule is CC(CCC[C@@H](C)[C@H]1CC[C@H]2[C@@H]3[C@H](O)CC4=CC(=O)CC[C@]4(C)[C@H]3CC[C@]12C)C(=O)O. The molecule has 2 N–H and O–H groups in total. The second-order valence-electron chi connectivity index (χ2n) is 12.0. The fourth-order valence-electron chi connectivity index (χ4n) is 8.57. The lowest BCUT2D eigenvalue weighted by Crippen LogP contribution is -2.55. The number of carbonyl (C=O) groups is 2. The Morgan fingerprint density at radius 3 is 2.58 bits per heavy atom. The molecule has 4 heteroatoms. The smallest absolute Gasteiger partial charge is 0.306 e. The summed E-state index contributed by atoms with van der Waals surface area (Å²) < 4.78 is 0. The largest absolute Gasteiger partial charge is 0.481 e. The van der Waals surface area contributed by atoms with E-state index in [0.717, 1.165) is 32.1 Å². The maximum Gasteiger partial charge on any atom is 0.306 e. The van der Waals surface area contributed by atoms with E-state index in [9.17, 15) is 14.7 Å². The Labute approximate surface area is 187 Å². The monoisotopic (exact) mass is 430 g/mol. The molecule has 3 fully saturated rings. The third-order valence-corrected chi connectivity index (χ3v) is 10.5. The van der Waals surface area contributed by atoms with Crippen LogP contribution in [0.4, 0.5) is 0 Å². The zero-order chi connectivity index (χ0) is 22.6. The van der Waals surface area contributed by atoms with Gasteiger partial charge in [-0.1, -0.05) is 46.1 Å². The molecule has 0 aliphatic heterocycles. The molecule has 4 aliphatic carbocycles. The highest BCUT2D eigenvalue weighted by molar-refractivity contribution is 5.91. The summed E-state index contributed by atoms with van der Waals surface area (Å²) in [6, 6.07) is 0. The Morgan fingerprint density at radius 1 is 1.13 bits per heavy atom. The van der Waals surface area contributed by atoms with Gasteiger partial charge in [-0.2, -0.15) is 0 Å². The number of rotatable bonds is 6. The van der Waals surface area contributed by atoms with Crippen LogP contribution in [-0.2, 0) is 9.59 Å². The van der Waals surface area contributed by atoms with E-state index in [2.05, 4.69) is 20.8 Å². The third kappa shape index (κ3) is 3.81. The number of carbonyl (C=O) groups excluding carboxylic acids is 1. The van der Waals surface area contributed by atoms with Crippen molar-refractivity contribution in [3.05, 3.63) is 11.6 Å². The van der Waals surface area contributed by atoms with Crippen LogP contribution in [0.1, 0.15) is 91.9 Å². The molecule has 0 amide bonds. The van der Waals surface area contributed by atoms with Gasteiger partial charge >= 0.3 is 5.97 Å². The fourth-order valence-corrected chi connectivity index (χ4v) is 8.57. The fraction of sp³-hybridized carbons (Fsp3) is 0.852. The van der Waals surface area contributed by atoms with E-state index in [1.54, 1.807) is 0 Å². The number of aliphatic hydroxyl groups is 1. The van der Waals surface area contributed by atoms with Crippen LogP contribution in [0.15, 0.2) is 11.6 Å². The Kier molecular flexibility index (Phi) is 6.17. The molecule has 4 aliphatic rings. The first-order valence-electron chi connectivity index (χ1n) is 12.7. The average Bonchev–Trinajstić information content (AvgIpc) is 3.06. The first-order valence-corrected chi connectivity index (χ1v) is 12.7. The van der Waals surface area contributed by atoms with Crippen molar-refractivity contribution in [2.24, 2.45) is 46.3 Å². The zero-order valence-corrected chi connectivity index (χ0v) is 19.9. The van der Waals surface area contributed by atoms with Gasteiger partial charge < -0.3 is 10.2 Å². The quantitative estimate of drug-likeness (QED) is 0.572. The average molecular weight is 431 g/mol. The number of hydrogen-bond donors (Lipinski definition) is 2. The summed E-state index contributed by atoms with van der Waals surface area (Å²) in [7, 11) is 0. The number of hydrogen-bond acceptors (Lipinski definition) is 3. The molecule has 9 atom stereocenters. The lowest BCUT2D eigenvalue weighted by Gasteiger charge is -2.60. The van der Waals surface area contributed by atoms with E-state index in [-0.39, 0.29) is 28.6 Å². The number of carboxylic acid groups (broad SMARTS) is 1. The van der Waals surface area contributed by atoms with E-state index in [0.29, 0.717) is 42.4 Å². The van der Waals surface area contributed by atoms with Gasteiger partial charge in [0.2, 0.25) is 0 Å². The number of fused-ring (bicyclic) bond motifs is 5. The maximum absolute atomic E-state index is 12.1. The molecular formula is C27H42O4. The van der Waals surface area contributed by atoms with Crippen molar-refractivity contribution in [1.82, 2.24) is 0 Å². The first-order chi connectivity index (χ1) is 14.6. The third-order valence-electron chi connectivity index (χ3n) is 10.5. The van der Waals surface area contributed by atoms with Crippen molar-refractivity contribution < 1.29 is 19.8 Å². The molecular weight excluding hydrogens is 388 g/mol. The Bertz CT molecular complexity index is 756. The standard InChI is InChI=1S/C27H42O4/c1-16(6-5-7-17(2)25(30)31)20-8-9-21-24-22(11-13-27(20,21)4)26(3)12-10-19(28)14-18(26)15-23(24)29/h14,16-17,20-24,29H,5-13,15H2,1-4H3,(H,30,31)/t16-,17?,20-,21+,22+,23-,24+,26+,27-/m1/s1. The van der Waals surface area contributed by atoms with E-state index in [1.165, 1.54) is 24.8 Å². The lowest BCUT2D eigenvalue weighted by molar-refractivity contribution is -0.141. The highest BCUT2D eigenvalue weighted by atomic mass is 16.4. The van der Waals surface area contributed by atoms with Crippen molar-refractivity contribution >= 4 is 11.8 Å². The van der Waals surface area contributed by atoms with Crippen LogP contribution >= 0.6 is 0 Å². The molecule has 0 aromatic heterocycles. The van der Waals surface area contributed by atoms with E-state index >= 15 is 0 Å². The topological polar surface area (TPSA) is 74.6 Å². The van der Waals surface area contributed by atoms with Crippen molar-refractivity contribution in [3.63, 3.8) is 0 Å². The van der Waals surface area contributed by atoms with Crippen molar-refractivity contribution in [1.29, 1.82) is 0 Å². The van der Waals surface area contributed by atoms with Crippen LogP contribution in [0, 0.1) is 46.3 Å². The normalized spacial score (nSPS) is 44.0. The minimum absolute atomic E-state index is 0.0931. The van der Waals surface area contributed by atoms with Crippen LogP contribution in [0.3, 0.4) is 0 Å². The molecule has 0 saturated heterocycles. The van der Waals surface area contributed by atoms with Gasteiger partial charge in [0.05, 0.1) is 12.0 Å². The van der Waals surface area contributed by atoms with Gasteiger partial charge in [-0.25, -0.2) is 0 Å². The summed E-state index contributed by atoms with van der Waals surface area (Å²) in [5.74, 6) is 2.01. The Morgan fingerprint density at radius 2 is 1.87 bits per heavy atom. The molecule has 3 saturated carbocycles. The molecule has 4 nitrogen and oxygen atoms in total. The van der Waals surface area contributed by atoms with Gasteiger partial charge in [0.15, 0.2) is 5.78 Å². The van der Waals surface area contributed by atoms with Crippen LogP contribution in [0.5, 0.6) is 0 Å². The van der Waals surface area contributed by atoms with E-state index in [4.69, 9.17) is 5.11 Å². The summed E-state index contributed by atoms with van der Waals surface area (Å²) in [4.78, 5) is 23.2. The summed E-state index contributed by atoms with van der Waals surface area (Å²) in [6.07, 6.45) is 11.6. The molecule has 0 spiro atoms. The van der Waals surface area contributed by atoms with Gasteiger partial charge in [-0.15, -0.1) is 0 Å². The molecule has 0 heterocycles. The zero-order valence-electron chi connectivity index (χ0n) is 19.9.